The van der Waals surface area contributed by atoms with Gasteiger partial charge in [0.2, 0.25) is 0 Å². The van der Waals surface area contributed by atoms with Gasteiger partial charge in [0.1, 0.15) is 0 Å². The van der Waals surface area contributed by atoms with Crippen LogP contribution in [0.25, 0.3) is 67.5 Å². The van der Waals surface area contributed by atoms with E-state index in [9.17, 15) is 0 Å². The van der Waals surface area contributed by atoms with Crippen molar-refractivity contribution in [1.82, 2.24) is 19.9 Å². The van der Waals surface area contributed by atoms with E-state index in [0.717, 1.165) is 27.8 Å². The SMILES string of the molecule is CC1(C)c2ccccc2-c2ccc(-c3cccc(-c4nc(-c5ccc(-c6ccccc6)cc5)nc(-c5cccnc5)n4)c3)cc21. The zero-order chi connectivity index (χ0) is 30.4. The summed E-state index contributed by atoms with van der Waals surface area (Å²) in [5, 5.41) is 0. The van der Waals surface area contributed by atoms with E-state index in [4.69, 9.17) is 15.0 Å². The summed E-state index contributed by atoms with van der Waals surface area (Å²) in [5.74, 6) is 1.85. The van der Waals surface area contributed by atoms with Crippen molar-refractivity contribution < 1.29 is 0 Å². The van der Waals surface area contributed by atoms with Crippen molar-refractivity contribution in [1.29, 1.82) is 0 Å². The third kappa shape index (κ3) is 4.81. The van der Waals surface area contributed by atoms with Crippen LogP contribution in [-0.4, -0.2) is 19.9 Å². The Hall–Kier alpha value is -5.74. The van der Waals surface area contributed by atoms with Gasteiger partial charge in [-0.1, -0.05) is 123 Å². The molecule has 0 amide bonds. The summed E-state index contributed by atoms with van der Waals surface area (Å²) >= 11 is 0. The highest BCUT2D eigenvalue weighted by Gasteiger charge is 2.35. The monoisotopic (exact) mass is 578 g/mol. The van der Waals surface area contributed by atoms with E-state index in [1.54, 1.807) is 12.4 Å². The summed E-state index contributed by atoms with van der Waals surface area (Å²) < 4.78 is 0. The number of pyridine rings is 1. The Bertz CT molecular complexity index is 2170. The molecule has 1 aliphatic rings. The molecule has 4 heteroatoms. The fourth-order valence-corrected chi connectivity index (χ4v) is 6.42. The molecular weight excluding hydrogens is 548 g/mol. The van der Waals surface area contributed by atoms with Crippen LogP contribution in [0.1, 0.15) is 25.0 Å². The lowest BCUT2D eigenvalue weighted by molar-refractivity contribution is 0.660. The van der Waals surface area contributed by atoms with Gasteiger partial charge in [-0.05, 0) is 68.8 Å². The molecule has 0 aliphatic heterocycles. The second-order valence-corrected chi connectivity index (χ2v) is 12.0. The minimum atomic E-state index is -0.0582. The van der Waals surface area contributed by atoms with Crippen molar-refractivity contribution in [2.75, 3.05) is 0 Å². The molecule has 2 aromatic heterocycles. The molecule has 0 N–H and O–H groups in total. The summed E-state index contributed by atoms with van der Waals surface area (Å²) in [7, 11) is 0. The van der Waals surface area contributed by atoms with Crippen molar-refractivity contribution in [3.8, 4) is 67.5 Å². The second kappa shape index (κ2) is 10.8. The molecule has 0 saturated heterocycles. The lowest BCUT2D eigenvalue weighted by atomic mass is 9.81. The van der Waals surface area contributed by atoms with Crippen LogP contribution in [-0.2, 0) is 5.41 Å². The van der Waals surface area contributed by atoms with Gasteiger partial charge >= 0.3 is 0 Å². The van der Waals surface area contributed by atoms with Crippen molar-refractivity contribution >= 4 is 0 Å². The molecule has 0 saturated carbocycles. The van der Waals surface area contributed by atoms with Crippen molar-refractivity contribution in [3.63, 3.8) is 0 Å². The van der Waals surface area contributed by atoms with Crippen LogP contribution in [0.3, 0.4) is 0 Å². The van der Waals surface area contributed by atoms with Gasteiger partial charge in [0.25, 0.3) is 0 Å². The van der Waals surface area contributed by atoms with Crippen LogP contribution in [0.5, 0.6) is 0 Å². The predicted molar refractivity (Wildman–Crippen MR) is 182 cm³/mol. The average molecular weight is 579 g/mol. The maximum atomic E-state index is 5.00. The fraction of sp³-hybridized carbons (Fsp3) is 0.0732. The van der Waals surface area contributed by atoms with Gasteiger partial charge in [0, 0.05) is 34.5 Å². The maximum absolute atomic E-state index is 5.00. The summed E-state index contributed by atoms with van der Waals surface area (Å²) in [6, 6.07) is 46.7. The fourth-order valence-electron chi connectivity index (χ4n) is 6.42. The molecule has 0 spiro atoms. The highest BCUT2D eigenvalue weighted by molar-refractivity contribution is 5.84. The largest absolute Gasteiger partial charge is 0.264 e. The first kappa shape index (κ1) is 26.9. The van der Waals surface area contributed by atoms with Crippen molar-refractivity contribution in [3.05, 3.63) is 157 Å². The van der Waals surface area contributed by atoms with Crippen LogP contribution in [0, 0.1) is 0 Å². The predicted octanol–water partition coefficient (Wildman–Crippen LogP) is 9.91. The molecule has 2 heterocycles. The Morgan fingerprint density at radius 1 is 0.400 bits per heavy atom. The van der Waals surface area contributed by atoms with E-state index in [0.29, 0.717) is 17.5 Å². The minimum Gasteiger partial charge on any atom is -0.264 e. The maximum Gasteiger partial charge on any atom is 0.165 e. The molecule has 0 unspecified atom stereocenters. The lowest BCUT2D eigenvalue weighted by Gasteiger charge is -2.22. The van der Waals surface area contributed by atoms with Crippen LogP contribution in [0.15, 0.2) is 146 Å². The van der Waals surface area contributed by atoms with E-state index in [2.05, 4.69) is 134 Å². The third-order valence-corrected chi connectivity index (χ3v) is 8.84. The van der Waals surface area contributed by atoms with Gasteiger partial charge in [-0.3, -0.25) is 4.98 Å². The van der Waals surface area contributed by atoms with Crippen LogP contribution in [0.4, 0.5) is 0 Å². The van der Waals surface area contributed by atoms with E-state index >= 15 is 0 Å². The summed E-state index contributed by atoms with van der Waals surface area (Å²) in [6.45, 7) is 4.63. The summed E-state index contributed by atoms with van der Waals surface area (Å²) in [6.07, 6.45) is 3.55. The van der Waals surface area contributed by atoms with Gasteiger partial charge in [-0.2, -0.15) is 0 Å². The highest BCUT2D eigenvalue weighted by Crippen LogP contribution is 2.49. The number of aromatic nitrogens is 4. The number of benzene rings is 5. The number of hydrogen-bond donors (Lipinski definition) is 0. The molecule has 5 aromatic carbocycles. The molecule has 7 aromatic rings. The van der Waals surface area contributed by atoms with Gasteiger partial charge < -0.3 is 0 Å². The average Bonchev–Trinajstić information content (AvgIpc) is 3.34. The molecule has 214 valence electrons. The van der Waals surface area contributed by atoms with Crippen LogP contribution < -0.4 is 0 Å². The molecule has 1 aliphatic carbocycles. The van der Waals surface area contributed by atoms with Gasteiger partial charge in [0.15, 0.2) is 17.5 Å². The zero-order valence-electron chi connectivity index (χ0n) is 25.1. The number of rotatable bonds is 5. The van der Waals surface area contributed by atoms with Crippen molar-refractivity contribution in [2.45, 2.75) is 19.3 Å². The molecule has 45 heavy (non-hydrogen) atoms. The van der Waals surface area contributed by atoms with Crippen LogP contribution in [0.2, 0.25) is 0 Å². The number of nitrogens with zero attached hydrogens (tertiary/aromatic N) is 4. The first-order valence-electron chi connectivity index (χ1n) is 15.2. The standard InChI is InChI=1S/C41H30N4/c1-41(2)36-16-7-6-15-34(36)35-22-21-31(25-37(35)41)30-12-8-13-32(24-30)39-43-38(44-40(45-39)33-14-9-23-42-26-33)29-19-17-28(18-20-29)27-10-4-3-5-11-27/h3-26H,1-2H3. The molecule has 0 radical (unpaired) electrons. The Kier molecular flexibility index (Phi) is 6.42. The Balaban J connectivity index is 1.21. The van der Waals surface area contributed by atoms with E-state index in [1.165, 1.54) is 33.4 Å². The minimum absolute atomic E-state index is 0.0582. The number of fused-ring (bicyclic) bond motifs is 3. The van der Waals surface area contributed by atoms with E-state index < -0.39 is 0 Å². The van der Waals surface area contributed by atoms with Crippen LogP contribution >= 0.6 is 0 Å². The quantitative estimate of drug-likeness (QED) is 0.204. The summed E-state index contributed by atoms with van der Waals surface area (Å²) in [4.78, 5) is 19.2. The Labute approximate surface area is 263 Å². The molecule has 8 rings (SSSR count). The summed E-state index contributed by atoms with van der Waals surface area (Å²) in [5.41, 5.74) is 12.7. The first-order chi connectivity index (χ1) is 22.0. The lowest BCUT2D eigenvalue weighted by Crippen LogP contribution is -2.14. The van der Waals surface area contributed by atoms with Gasteiger partial charge in [-0.25, -0.2) is 15.0 Å². The number of hydrogen-bond acceptors (Lipinski definition) is 4. The van der Waals surface area contributed by atoms with E-state index in [1.807, 2.05) is 18.2 Å². The van der Waals surface area contributed by atoms with Gasteiger partial charge in [0.05, 0.1) is 0 Å². The molecule has 0 bridgehead atoms. The molecule has 0 atom stereocenters. The highest BCUT2D eigenvalue weighted by atomic mass is 15.0. The molecule has 0 fully saturated rings. The van der Waals surface area contributed by atoms with Crippen molar-refractivity contribution in [2.24, 2.45) is 0 Å². The zero-order valence-corrected chi connectivity index (χ0v) is 25.1. The topological polar surface area (TPSA) is 51.6 Å². The molecular formula is C41H30N4. The Morgan fingerprint density at radius 2 is 0.956 bits per heavy atom. The third-order valence-electron chi connectivity index (χ3n) is 8.84. The smallest absolute Gasteiger partial charge is 0.165 e. The van der Waals surface area contributed by atoms with Gasteiger partial charge in [-0.15, -0.1) is 0 Å². The van der Waals surface area contributed by atoms with E-state index in [-0.39, 0.29) is 5.41 Å². The molecule has 4 nitrogen and oxygen atoms in total. The first-order valence-corrected chi connectivity index (χ1v) is 15.2. The Morgan fingerprint density at radius 3 is 1.73 bits per heavy atom. The second-order valence-electron chi connectivity index (χ2n) is 12.0. The normalized spacial score (nSPS) is 12.8.